The monoisotopic (exact) mass is 582 g/mol. The molecule has 3 aromatic rings. The van der Waals surface area contributed by atoms with Crippen LogP contribution in [0, 0.1) is 17.8 Å². The number of amides is 3. The van der Waals surface area contributed by atoms with Gasteiger partial charge in [0, 0.05) is 11.1 Å². The molecule has 9 nitrogen and oxygen atoms in total. The lowest BCUT2D eigenvalue weighted by Crippen LogP contribution is -2.52. The lowest BCUT2D eigenvalue weighted by molar-refractivity contribution is -0.154. The van der Waals surface area contributed by atoms with Crippen LogP contribution in [0.5, 0.6) is 5.75 Å². The largest absolute Gasteiger partial charge is 0.457 e. The molecule has 1 aliphatic heterocycles. The third-order valence-electron chi connectivity index (χ3n) is 7.21. The van der Waals surface area contributed by atoms with Crippen LogP contribution in [0.25, 0.3) is 0 Å². The lowest BCUT2D eigenvalue weighted by Gasteiger charge is -2.30. The van der Waals surface area contributed by atoms with Gasteiger partial charge in [-0.2, -0.15) is 5.01 Å². The van der Waals surface area contributed by atoms with Crippen molar-refractivity contribution in [1.82, 2.24) is 10.0 Å². The van der Waals surface area contributed by atoms with Crippen molar-refractivity contribution in [2.45, 2.75) is 26.2 Å². The molecule has 1 aromatic heterocycles. The molecule has 0 radical (unpaired) electrons. The number of Topliss-reactive ketones (excluding diaryl/α,β-unsaturated/α-hetero) is 1. The van der Waals surface area contributed by atoms with E-state index in [-0.39, 0.29) is 38.6 Å². The summed E-state index contributed by atoms with van der Waals surface area (Å²) in [4.78, 5) is 66.0. The number of hydrogen-bond acceptors (Lipinski definition) is 7. The number of fused-ring (bicyclic) bond motifs is 1. The van der Waals surface area contributed by atoms with Crippen LogP contribution in [0.3, 0.4) is 0 Å². The lowest BCUT2D eigenvalue weighted by atomic mass is 9.76. The van der Waals surface area contributed by atoms with Gasteiger partial charge in [0.2, 0.25) is 5.76 Å². The van der Waals surface area contributed by atoms with Crippen molar-refractivity contribution >= 4 is 52.7 Å². The summed E-state index contributed by atoms with van der Waals surface area (Å²) in [7, 11) is 0. The molecule has 1 saturated heterocycles. The molecule has 40 heavy (non-hydrogen) atoms. The number of carbonyl (C=O) groups is 5. The van der Waals surface area contributed by atoms with Crippen molar-refractivity contribution in [3.8, 4) is 5.75 Å². The Morgan fingerprint density at radius 3 is 2.33 bits per heavy atom. The van der Waals surface area contributed by atoms with Crippen LogP contribution in [0.4, 0.5) is 0 Å². The summed E-state index contributed by atoms with van der Waals surface area (Å²) < 4.78 is 10.2. The topological polar surface area (TPSA) is 114 Å². The first-order chi connectivity index (χ1) is 19.1. The Labute approximate surface area is 239 Å². The Hall–Kier alpha value is -3.95. The Bertz CT molecular complexity index is 1490. The first-order valence-electron chi connectivity index (χ1n) is 12.7. The van der Waals surface area contributed by atoms with Crippen molar-refractivity contribution in [2.24, 2.45) is 17.8 Å². The highest BCUT2D eigenvalue weighted by molar-refractivity contribution is 6.42. The molecule has 0 N–H and O–H groups in total. The van der Waals surface area contributed by atoms with Gasteiger partial charge in [-0.15, -0.1) is 0 Å². The molecule has 2 aliphatic rings. The minimum absolute atomic E-state index is 0.0199. The second kappa shape index (κ2) is 11.3. The third-order valence-corrected chi connectivity index (χ3v) is 7.95. The molecule has 2 fully saturated rings. The minimum atomic E-state index is -0.746. The summed E-state index contributed by atoms with van der Waals surface area (Å²) in [6, 6.07) is 12.8. The number of carbonyl (C=O) groups excluding carboxylic acids is 5. The molecule has 1 saturated carbocycles. The van der Waals surface area contributed by atoms with Gasteiger partial charge in [0.05, 0.1) is 28.1 Å². The van der Waals surface area contributed by atoms with E-state index in [4.69, 9.17) is 32.4 Å². The van der Waals surface area contributed by atoms with Gasteiger partial charge in [0.1, 0.15) is 12.3 Å². The zero-order valence-electron chi connectivity index (χ0n) is 21.3. The molecular weight excluding hydrogens is 559 g/mol. The number of hydrogen-bond donors (Lipinski definition) is 0. The van der Waals surface area contributed by atoms with Crippen molar-refractivity contribution in [3.05, 3.63) is 87.8 Å². The molecule has 3 amide bonds. The van der Waals surface area contributed by atoms with Crippen LogP contribution in [0.1, 0.15) is 57.5 Å². The van der Waals surface area contributed by atoms with Crippen LogP contribution >= 0.6 is 23.2 Å². The standard InChI is InChI=1S/C29H24Cl2N2O7/c1-16-4-10-20-21(13-16)28(37)33(27(20)36)32(26(35)18-7-11-22(30)23(31)14-18)15-24(34)17-5-8-19(9-6-17)40-29(38)25-3-2-12-39-25/h2-3,5-9,11-12,14,16,20-21H,4,10,13,15H2,1H3/t16-,20+,21-/m1/s1. The van der Waals surface area contributed by atoms with E-state index in [2.05, 4.69) is 0 Å². The molecule has 2 aromatic carbocycles. The van der Waals surface area contributed by atoms with Crippen LogP contribution in [0.2, 0.25) is 10.0 Å². The minimum Gasteiger partial charge on any atom is -0.457 e. The fraction of sp³-hybridized carbons (Fsp3) is 0.276. The number of furan rings is 1. The second-order valence-electron chi connectivity index (χ2n) is 9.93. The van der Waals surface area contributed by atoms with Crippen molar-refractivity contribution < 1.29 is 33.1 Å². The number of nitrogens with zero attached hydrogens (tertiary/aromatic N) is 2. The summed E-state index contributed by atoms with van der Waals surface area (Å²) in [5, 5.41) is 2.05. The van der Waals surface area contributed by atoms with E-state index in [1.807, 2.05) is 6.92 Å². The maximum atomic E-state index is 13.7. The number of halogens is 2. The summed E-state index contributed by atoms with van der Waals surface area (Å²) in [5.41, 5.74) is 0.237. The highest BCUT2D eigenvalue weighted by Crippen LogP contribution is 2.41. The summed E-state index contributed by atoms with van der Waals surface area (Å²) >= 11 is 12.1. The highest BCUT2D eigenvalue weighted by atomic mass is 35.5. The van der Waals surface area contributed by atoms with E-state index in [1.54, 1.807) is 6.07 Å². The third kappa shape index (κ3) is 5.39. The summed E-state index contributed by atoms with van der Waals surface area (Å²) in [6.07, 6.45) is 3.21. The van der Waals surface area contributed by atoms with Gasteiger partial charge >= 0.3 is 5.97 Å². The number of ether oxygens (including phenoxy) is 1. The van der Waals surface area contributed by atoms with Gasteiger partial charge in [-0.3, -0.25) is 19.2 Å². The molecule has 2 heterocycles. The molecule has 0 bridgehead atoms. The smallest absolute Gasteiger partial charge is 0.379 e. The van der Waals surface area contributed by atoms with Gasteiger partial charge in [0.15, 0.2) is 5.78 Å². The Morgan fingerprint density at radius 1 is 0.950 bits per heavy atom. The van der Waals surface area contributed by atoms with Gasteiger partial charge in [-0.25, -0.2) is 9.80 Å². The van der Waals surface area contributed by atoms with E-state index in [0.717, 1.165) is 16.4 Å². The van der Waals surface area contributed by atoms with E-state index in [9.17, 15) is 24.0 Å². The van der Waals surface area contributed by atoms with Gasteiger partial charge < -0.3 is 9.15 Å². The highest BCUT2D eigenvalue weighted by Gasteiger charge is 2.52. The molecule has 1 aliphatic carbocycles. The Kier molecular flexibility index (Phi) is 7.78. The maximum absolute atomic E-state index is 13.7. The number of ketones is 1. The first-order valence-corrected chi connectivity index (χ1v) is 13.4. The fourth-order valence-corrected chi connectivity index (χ4v) is 5.41. The molecule has 0 spiro atoms. The fourth-order valence-electron chi connectivity index (χ4n) is 5.11. The van der Waals surface area contributed by atoms with Gasteiger partial charge in [0.25, 0.3) is 17.7 Å². The average molecular weight is 583 g/mol. The molecule has 206 valence electrons. The van der Waals surface area contributed by atoms with Gasteiger partial charge in [-0.05, 0) is 79.8 Å². The normalized spacial score (nSPS) is 20.3. The molecular formula is C29H24Cl2N2O7. The van der Waals surface area contributed by atoms with Crippen molar-refractivity contribution in [2.75, 3.05) is 6.54 Å². The predicted octanol–water partition coefficient (Wildman–Crippen LogP) is 5.47. The van der Waals surface area contributed by atoms with Crippen LogP contribution in [0.15, 0.2) is 65.3 Å². The average Bonchev–Trinajstić information content (AvgIpc) is 3.56. The van der Waals surface area contributed by atoms with Gasteiger partial charge in [-0.1, -0.05) is 30.1 Å². The number of esters is 1. The summed E-state index contributed by atoms with van der Waals surface area (Å²) in [6.45, 7) is 1.44. The number of benzene rings is 2. The summed E-state index contributed by atoms with van der Waals surface area (Å²) in [5.74, 6) is -3.61. The Morgan fingerprint density at radius 2 is 1.65 bits per heavy atom. The van der Waals surface area contributed by atoms with Crippen molar-refractivity contribution in [3.63, 3.8) is 0 Å². The van der Waals surface area contributed by atoms with Crippen molar-refractivity contribution in [1.29, 1.82) is 0 Å². The number of imide groups is 1. The van der Waals surface area contributed by atoms with E-state index in [0.29, 0.717) is 12.8 Å². The SMILES string of the molecule is C[C@@H]1CC[C@@H]2C(=O)N(N(CC(=O)c3ccc(OC(=O)c4ccco4)cc3)C(=O)c3ccc(Cl)c(Cl)c3)C(=O)[C@@H]2C1. The molecule has 3 atom stereocenters. The quantitative estimate of drug-likeness (QED) is 0.157. The maximum Gasteiger partial charge on any atom is 0.379 e. The number of rotatable bonds is 7. The van der Waals surface area contributed by atoms with Crippen LogP contribution < -0.4 is 4.74 Å². The molecule has 5 rings (SSSR count). The Balaban J connectivity index is 1.40. The zero-order chi connectivity index (χ0) is 28.6. The molecule has 0 unspecified atom stereocenters. The predicted molar refractivity (Wildman–Crippen MR) is 144 cm³/mol. The van der Waals surface area contributed by atoms with E-state index >= 15 is 0 Å². The van der Waals surface area contributed by atoms with E-state index < -0.39 is 47.9 Å². The second-order valence-corrected chi connectivity index (χ2v) is 10.7. The number of hydrazine groups is 1. The van der Waals surface area contributed by atoms with Crippen LogP contribution in [-0.2, 0) is 9.59 Å². The first kappa shape index (κ1) is 27.6. The molecule has 11 heteroatoms. The van der Waals surface area contributed by atoms with Crippen LogP contribution in [-0.4, -0.2) is 46.0 Å². The van der Waals surface area contributed by atoms with E-state index in [1.165, 1.54) is 54.8 Å². The zero-order valence-corrected chi connectivity index (χ0v) is 22.9.